The Morgan fingerprint density at radius 2 is 1.96 bits per heavy atom. The molecule has 0 aliphatic carbocycles. The molecule has 1 aromatic heterocycles. The molecule has 0 amide bonds. The highest BCUT2D eigenvalue weighted by Crippen LogP contribution is 2.24. The first-order valence-electron chi connectivity index (χ1n) is 9.08. The van der Waals surface area contributed by atoms with Crippen molar-refractivity contribution in [2.45, 2.75) is 38.3 Å². The fourth-order valence-corrected chi connectivity index (χ4v) is 3.65. The molecule has 0 unspecified atom stereocenters. The van der Waals surface area contributed by atoms with E-state index < -0.39 is 5.60 Å². The first-order chi connectivity index (χ1) is 11.8. The van der Waals surface area contributed by atoms with Crippen LogP contribution in [0, 0.1) is 0 Å². The molecule has 136 valence electrons. The van der Waals surface area contributed by atoms with Gasteiger partial charge >= 0.3 is 0 Å². The lowest BCUT2D eigenvalue weighted by atomic mass is 10.0. The third kappa shape index (κ3) is 4.48. The summed E-state index contributed by atoms with van der Waals surface area (Å²) in [6.45, 7) is 7.60. The summed E-state index contributed by atoms with van der Waals surface area (Å²) in [6, 6.07) is 8.59. The lowest BCUT2D eigenvalue weighted by Crippen LogP contribution is -2.42. The van der Waals surface area contributed by atoms with Crippen molar-refractivity contribution in [2.24, 2.45) is 0 Å². The van der Waals surface area contributed by atoms with Crippen LogP contribution in [0.25, 0.3) is 5.69 Å². The molecular weight excluding hydrogens is 312 g/mol. The number of benzene rings is 1. The fourth-order valence-electron chi connectivity index (χ4n) is 3.65. The van der Waals surface area contributed by atoms with Crippen LogP contribution in [0.3, 0.4) is 0 Å². The number of likely N-dealkylation sites (N-methyl/N-ethyl adjacent to an activating group) is 1. The van der Waals surface area contributed by atoms with Gasteiger partial charge in [-0.1, -0.05) is 26.0 Å². The van der Waals surface area contributed by atoms with Crippen LogP contribution in [-0.4, -0.2) is 64.0 Å². The maximum atomic E-state index is 10.7. The minimum atomic E-state index is -0.591. The van der Waals surface area contributed by atoms with Crippen LogP contribution in [-0.2, 0) is 6.54 Å². The van der Waals surface area contributed by atoms with E-state index in [1.165, 1.54) is 11.1 Å². The fraction of sp³-hybridized carbons (Fsp3) is 0.550. The highest BCUT2D eigenvalue weighted by molar-refractivity contribution is 5.35. The monoisotopic (exact) mass is 342 g/mol. The summed E-state index contributed by atoms with van der Waals surface area (Å²) in [7, 11) is 4.02. The Balaban J connectivity index is 1.62. The van der Waals surface area contributed by atoms with Crippen LogP contribution in [0.4, 0.5) is 0 Å². The molecule has 2 heterocycles. The number of likely N-dealkylation sites (tertiary alicyclic amines) is 1. The second-order valence-electron chi connectivity index (χ2n) is 7.96. The zero-order chi connectivity index (χ0) is 18.0. The zero-order valence-corrected chi connectivity index (χ0v) is 15.8. The van der Waals surface area contributed by atoms with E-state index in [4.69, 9.17) is 0 Å². The maximum Gasteiger partial charge on any atom is 0.0912 e. The Labute approximate surface area is 150 Å². The second-order valence-corrected chi connectivity index (χ2v) is 7.96. The van der Waals surface area contributed by atoms with Gasteiger partial charge in [-0.05, 0) is 44.1 Å². The van der Waals surface area contributed by atoms with E-state index in [1.807, 2.05) is 25.0 Å². The van der Waals surface area contributed by atoms with Crippen molar-refractivity contribution >= 4 is 0 Å². The van der Waals surface area contributed by atoms with Gasteiger partial charge in [0.25, 0.3) is 0 Å². The van der Waals surface area contributed by atoms with Crippen molar-refractivity contribution in [3.8, 4) is 5.69 Å². The average Bonchev–Trinajstić information content (AvgIpc) is 3.14. The van der Waals surface area contributed by atoms with Gasteiger partial charge < -0.3 is 10.0 Å². The third-order valence-electron chi connectivity index (χ3n) is 4.89. The summed E-state index contributed by atoms with van der Waals surface area (Å²) < 4.78 is 1.93. The zero-order valence-electron chi connectivity index (χ0n) is 15.8. The largest absolute Gasteiger partial charge is 0.387 e. The maximum absolute atomic E-state index is 10.7. The standard InChI is InChI=1S/C20H30N4O/c1-16(2)18-5-7-19(8-6-18)24-13-17(11-21-24)12-23-10-9-20(25,15-23)14-22(3)4/h5-8,11,13,16,25H,9-10,12,14-15H2,1-4H3/t20-/m0/s1. The molecule has 3 rings (SSSR count). The van der Waals surface area contributed by atoms with Gasteiger partial charge in [-0.25, -0.2) is 4.68 Å². The number of aromatic nitrogens is 2. The smallest absolute Gasteiger partial charge is 0.0912 e. The predicted molar refractivity (Wildman–Crippen MR) is 101 cm³/mol. The van der Waals surface area contributed by atoms with E-state index >= 15 is 0 Å². The van der Waals surface area contributed by atoms with Crippen molar-refractivity contribution in [1.29, 1.82) is 0 Å². The molecule has 2 aromatic rings. The highest BCUT2D eigenvalue weighted by Gasteiger charge is 2.36. The molecule has 1 aromatic carbocycles. The molecule has 1 saturated heterocycles. The summed E-state index contributed by atoms with van der Waals surface area (Å²) in [5.74, 6) is 0.540. The van der Waals surface area contributed by atoms with E-state index in [9.17, 15) is 5.11 Å². The highest BCUT2D eigenvalue weighted by atomic mass is 16.3. The Kier molecular flexibility index (Phi) is 5.27. The molecule has 5 heteroatoms. The molecule has 0 bridgehead atoms. The summed E-state index contributed by atoms with van der Waals surface area (Å²) in [6.07, 6.45) is 4.85. The Hall–Kier alpha value is -1.69. The molecule has 0 saturated carbocycles. The van der Waals surface area contributed by atoms with Crippen molar-refractivity contribution in [2.75, 3.05) is 33.7 Å². The Morgan fingerprint density at radius 1 is 1.24 bits per heavy atom. The Morgan fingerprint density at radius 3 is 2.60 bits per heavy atom. The molecule has 1 aliphatic heterocycles. The van der Waals surface area contributed by atoms with Crippen LogP contribution in [0.1, 0.15) is 37.3 Å². The van der Waals surface area contributed by atoms with E-state index in [-0.39, 0.29) is 0 Å². The number of hydrogen-bond donors (Lipinski definition) is 1. The van der Waals surface area contributed by atoms with Crippen LogP contribution >= 0.6 is 0 Å². The molecule has 1 aliphatic rings. The van der Waals surface area contributed by atoms with Gasteiger partial charge in [0, 0.05) is 37.9 Å². The number of β-amino-alcohol motifs (C(OH)–C–C–N with tert-alkyl or cyclic N) is 1. The van der Waals surface area contributed by atoms with Crippen molar-refractivity contribution in [3.63, 3.8) is 0 Å². The van der Waals surface area contributed by atoms with Crippen LogP contribution < -0.4 is 0 Å². The number of nitrogens with zero attached hydrogens (tertiary/aromatic N) is 4. The Bertz CT molecular complexity index is 692. The number of hydrogen-bond acceptors (Lipinski definition) is 4. The second kappa shape index (κ2) is 7.28. The summed E-state index contributed by atoms with van der Waals surface area (Å²) in [5, 5.41) is 15.2. The van der Waals surface area contributed by atoms with Crippen molar-refractivity contribution in [1.82, 2.24) is 19.6 Å². The first-order valence-corrected chi connectivity index (χ1v) is 9.08. The van der Waals surface area contributed by atoms with E-state index in [1.54, 1.807) is 0 Å². The lowest BCUT2D eigenvalue weighted by molar-refractivity contribution is 0.0240. The van der Waals surface area contributed by atoms with E-state index in [2.05, 4.69) is 59.2 Å². The molecule has 1 atom stereocenters. The molecule has 5 nitrogen and oxygen atoms in total. The molecule has 1 N–H and O–H groups in total. The number of aliphatic hydroxyl groups is 1. The van der Waals surface area contributed by atoms with Gasteiger partial charge in [-0.3, -0.25) is 4.90 Å². The van der Waals surface area contributed by atoms with E-state index in [0.29, 0.717) is 12.5 Å². The molecular formula is C20H30N4O. The van der Waals surface area contributed by atoms with Crippen molar-refractivity contribution < 1.29 is 5.11 Å². The van der Waals surface area contributed by atoms with Gasteiger partial charge in [-0.15, -0.1) is 0 Å². The van der Waals surface area contributed by atoms with E-state index in [0.717, 1.165) is 31.7 Å². The molecule has 25 heavy (non-hydrogen) atoms. The molecule has 0 spiro atoms. The van der Waals surface area contributed by atoms with Crippen molar-refractivity contribution in [3.05, 3.63) is 47.8 Å². The van der Waals surface area contributed by atoms with Gasteiger partial charge in [0.1, 0.15) is 0 Å². The SMILES string of the molecule is CC(C)c1ccc(-n2cc(CN3CC[C@](O)(CN(C)C)C3)cn2)cc1. The van der Waals surface area contributed by atoms with Gasteiger partial charge in [0.15, 0.2) is 0 Å². The average molecular weight is 342 g/mol. The van der Waals surface area contributed by atoms with Crippen LogP contribution in [0.5, 0.6) is 0 Å². The molecule has 0 radical (unpaired) electrons. The van der Waals surface area contributed by atoms with Gasteiger partial charge in [0.2, 0.25) is 0 Å². The number of rotatable bonds is 6. The summed E-state index contributed by atoms with van der Waals surface area (Å²) in [4.78, 5) is 4.37. The van der Waals surface area contributed by atoms with Crippen LogP contribution in [0.2, 0.25) is 0 Å². The minimum absolute atomic E-state index is 0.540. The third-order valence-corrected chi connectivity index (χ3v) is 4.89. The predicted octanol–water partition coefficient (Wildman–Crippen LogP) is 2.49. The van der Waals surface area contributed by atoms with Crippen LogP contribution in [0.15, 0.2) is 36.7 Å². The van der Waals surface area contributed by atoms with Gasteiger partial charge in [-0.2, -0.15) is 5.10 Å². The summed E-state index contributed by atoms with van der Waals surface area (Å²) >= 11 is 0. The topological polar surface area (TPSA) is 44.5 Å². The normalized spacial score (nSPS) is 21.6. The first kappa shape index (κ1) is 18.1. The quantitative estimate of drug-likeness (QED) is 0.876. The molecule has 1 fully saturated rings. The summed E-state index contributed by atoms with van der Waals surface area (Å²) in [5.41, 5.74) is 3.02. The van der Waals surface area contributed by atoms with Gasteiger partial charge in [0.05, 0.1) is 17.5 Å². The minimum Gasteiger partial charge on any atom is -0.387 e. The lowest BCUT2D eigenvalue weighted by Gasteiger charge is -2.26.